The predicted octanol–water partition coefficient (Wildman–Crippen LogP) is 3.95. The van der Waals surface area contributed by atoms with Crippen molar-refractivity contribution >= 4 is 23.0 Å². The zero-order valence-electron chi connectivity index (χ0n) is 18.3. The van der Waals surface area contributed by atoms with Gasteiger partial charge < -0.3 is 20.4 Å². The quantitative estimate of drug-likeness (QED) is 0.801. The highest BCUT2D eigenvalue weighted by Gasteiger charge is 2.30. The maximum atomic E-state index is 14.1. The lowest BCUT2D eigenvalue weighted by Crippen LogP contribution is -2.42. The fourth-order valence-electron chi connectivity index (χ4n) is 4.62. The van der Waals surface area contributed by atoms with Crippen LogP contribution in [0, 0.1) is 19.7 Å². The molecular formula is C24H31FN4O. The molecule has 0 bridgehead atoms. The zero-order chi connectivity index (χ0) is 21.4. The number of nitrogens with one attached hydrogen (secondary N) is 2. The Kier molecular flexibility index (Phi) is 5.69. The molecule has 1 unspecified atom stereocenters. The Bertz CT molecular complexity index is 919. The minimum absolute atomic E-state index is 0.132. The number of carbonyl (C=O) groups excluding carboxylic acids is 1. The van der Waals surface area contributed by atoms with E-state index < -0.39 is 6.04 Å². The van der Waals surface area contributed by atoms with Crippen molar-refractivity contribution in [1.29, 1.82) is 0 Å². The van der Waals surface area contributed by atoms with Gasteiger partial charge in [-0.3, -0.25) is 4.79 Å². The second-order valence-corrected chi connectivity index (χ2v) is 8.85. The Morgan fingerprint density at radius 1 is 1.17 bits per heavy atom. The van der Waals surface area contributed by atoms with E-state index in [0.29, 0.717) is 18.0 Å². The summed E-state index contributed by atoms with van der Waals surface area (Å²) in [4.78, 5) is 17.6. The van der Waals surface area contributed by atoms with Gasteiger partial charge in [0.05, 0.1) is 0 Å². The van der Waals surface area contributed by atoms with Crippen LogP contribution in [0.1, 0.15) is 29.5 Å². The van der Waals surface area contributed by atoms with E-state index in [4.69, 9.17) is 0 Å². The lowest BCUT2D eigenvalue weighted by molar-refractivity contribution is -0.116. The van der Waals surface area contributed by atoms with Crippen molar-refractivity contribution in [3.8, 4) is 0 Å². The number of hydrogen-bond donors (Lipinski definition) is 2. The van der Waals surface area contributed by atoms with Crippen LogP contribution >= 0.6 is 0 Å². The van der Waals surface area contributed by atoms with Crippen LogP contribution in [-0.4, -0.2) is 50.1 Å². The third kappa shape index (κ3) is 4.15. The summed E-state index contributed by atoms with van der Waals surface area (Å²) in [5.74, 6) is -0.384. The first kappa shape index (κ1) is 20.7. The highest BCUT2D eigenvalue weighted by atomic mass is 19.1. The van der Waals surface area contributed by atoms with Gasteiger partial charge in [-0.15, -0.1) is 0 Å². The molecule has 1 fully saturated rings. The Hall–Kier alpha value is -2.60. The molecule has 0 radical (unpaired) electrons. The summed E-state index contributed by atoms with van der Waals surface area (Å²) in [5, 5.41) is 6.25. The average Bonchev–Trinajstić information content (AvgIpc) is 3.17. The van der Waals surface area contributed by atoms with Crippen LogP contribution in [0.25, 0.3) is 0 Å². The molecule has 30 heavy (non-hydrogen) atoms. The number of aryl methyl sites for hydroxylation is 2. The van der Waals surface area contributed by atoms with E-state index in [1.807, 2.05) is 19.9 Å². The monoisotopic (exact) mass is 410 g/mol. The number of benzene rings is 2. The summed E-state index contributed by atoms with van der Waals surface area (Å²) in [5.41, 5.74) is 5.36. The van der Waals surface area contributed by atoms with Gasteiger partial charge in [-0.1, -0.05) is 6.07 Å². The van der Waals surface area contributed by atoms with Gasteiger partial charge in [0.2, 0.25) is 5.91 Å². The van der Waals surface area contributed by atoms with Gasteiger partial charge in [-0.05, 0) is 76.2 Å². The van der Waals surface area contributed by atoms with Crippen LogP contribution in [-0.2, 0) is 11.2 Å². The van der Waals surface area contributed by atoms with E-state index in [1.54, 1.807) is 6.07 Å². The number of fused-ring (bicyclic) bond motifs is 1. The highest BCUT2D eigenvalue weighted by Crippen LogP contribution is 2.32. The van der Waals surface area contributed by atoms with Crippen LogP contribution in [0.15, 0.2) is 30.3 Å². The number of carbonyl (C=O) groups is 1. The second-order valence-electron chi connectivity index (χ2n) is 8.85. The van der Waals surface area contributed by atoms with Crippen LogP contribution in [0.2, 0.25) is 0 Å². The number of nitrogens with zero attached hydrogens (tertiary/aromatic N) is 2. The average molecular weight is 411 g/mol. The van der Waals surface area contributed by atoms with Gasteiger partial charge in [0.1, 0.15) is 11.9 Å². The lowest BCUT2D eigenvalue weighted by atomic mass is 10.0. The van der Waals surface area contributed by atoms with Crippen molar-refractivity contribution in [2.24, 2.45) is 0 Å². The molecule has 0 spiro atoms. The molecule has 1 atom stereocenters. The van der Waals surface area contributed by atoms with Crippen LogP contribution < -0.4 is 15.5 Å². The largest absolute Gasteiger partial charge is 0.373 e. The minimum atomic E-state index is -0.463. The van der Waals surface area contributed by atoms with Crippen molar-refractivity contribution in [2.45, 2.75) is 45.2 Å². The summed E-state index contributed by atoms with van der Waals surface area (Å²) >= 11 is 0. The smallest absolute Gasteiger partial charge is 0.247 e. The molecule has 2 N–H and O–H groups in total. The zero-order valence-corrected chi connectivity index (χ0v) is 18.3. The molecule has 2 aromatic rings. The molecular weight excluding hydrogens is 379 g/mol. The summed E-state index contributed by atoms with van der Waals surface area (Å²) in [6.45, 7) is 6.00. The van der Waals surface area contributed by atoms with Crippen LogP contribution in [0.5, 0.6) is 0 Å². The Labute approximate surface area is 178 Å². The number of rotatable bonds is 4. The Morgan fingerprint density at radius 3 is 2.57 bits per heavy atom. The third-order valence-corrected chi connectivity index (χ3v) is 6.40. The van der Waals surface area contributed by atoms with Crippen LogP contribution in [0.4, 0.5) is 21.5 Å². The molecule has 6 heteroatoms. The Balaban J connectivity index is 1.45. The molecule has 5 nitrogen and oxygen atoms in total. The van der Waals surface area contributed by atoms with E-state index in [0.717, 1.165) is 54.1 Å². The SMILES string of the molecule is Cc1cc(NC(=O)C2Cc3c(F)ccc(C)c3N2)cc(N2CCC(N(C)C)CC2)c1. The van der Waals surface area contributed by atoms with Gasteiger partial charge in [-0.25, -0.2) is 4.39 Å². The number of halogens is 1. The normalized spacial score (nSPS) is 19.0. The summed E-state index contributed by atoms with van der Waals surface area (Å²) in [6.07, 6.45) is 2.64. The molecule has 2 aliphatic heterocycles. The van der Waals surface area contributed by atoms with Crippen molar-refractivity contribution in [3.05, 3.63) is 52.8 Å². The lowest BCUT2D eigenvalue weighted by Gasteiger charge is -2.36. The van der Waals surface area contributed by atoms with Crippen LogP contribution in [0.3, 0.4) is 0 Å². The molecule has 0 aliphatic carbocycles. The number of amides is 1. The number of hydrogen-bond acceptors (Lipinski definition) is 4. The summed E-state index contributed by atoms with van der Waals surface area (Å²) in [6, 6.07) is 9.60. The first-order valence-electron chi connectivity index (χ1n) is 10.7. The van der Waals surface area contributed by atoms with Gasteiger partial charge in [0, 0.05) is 48.2 Å². The van der Waals surface area contributed by atoms with Crippen molar-refractivity contribution < 1.29 is 9.18 Å². The van der Waals surface area contributed by atoms with Gasteiger partial charge >= 0.3 is 0 Å². The molecule has 0 saturated carbocycles. The van der Waals surface area contributed by atoms with Gasteiger partial charge in [0.25, 0.3) is 0 Å². The van der Waals surface area contributed by atoms with E-state index in [9.17, 15) is 9.18 Å². The fraction of sp³-hybridized carbons (Fsp3) is 0.458. The standard InChI is InChI=1S/C24H31FN4O/c1-15-11-17(13-19(12-15)29-9-7-18(8-10-29)28(3)4)26-24(30)22-14-20-21(25)6-5-16(2)23(20)27-22/h5-6,11-13,18,22,27H,7-10,14H2,1-4H3,(H,26,30). The number of piperidine rings is 1. The Morgan fingerprint density at radius 2 is 1.90 bits per heavy atom. The van der Waals surface area contributed by atoms with Gasteiger partial charge in [0.15, 0.2) is 0 Å². The maximum Gasteiger partial charge on any atom is 0.247 e. The topological polar surface area (TPSA) is 47.6 Å². The van der Waals surface area contributed by atoms with E-state index in [2.05, 4.69) is 46.7 Å². The molecule has 4 rings (SSSR count). The fourth-order valence-corrected chi connectivity index (χ4v) is 4.62. The number of anilines is 3. The van der Waals surface area contributed by atoms with E-state index in [-0.39, 0.29) is 11.7 Å². The minimum Gasteiger partial charge on any atom is -0.373 e. The predicted molar refractivity (Wildman–Crippen MR) is 121 cm³/mol. The van der Waals surface area contributed by atoms with Crippen molar-refractivity contribution in [2.75, 3.05) is 42.7 Å². The maximum absolute atomic E-state index is 14.1. The highest BCUT2D eigenvalue weighted by molar-refractivity contribution is 5.98. The molecule has 2 heterocycles. The molecule has 160 valence electrons. The molecule has 0 aromatic heterocycles. The molecule has 2 aliphatic rings. The molecule has 2 aromatic carbocycles. The van der Waals surface area contributed by atoms with E-state index in [1.165, 1.54) is 6.07 Å². The summed E-state index contributed by atoms with van der Waals surface area (Å²) in [7, 11) is 4.28. The van der Waals surface area contributed by atoms with E-state index >= 15 is 0 Å². The first-order chi connectivity index (χ1) is 14.3. The molecule has 1 saturated heterocycles. The van der Waals surface area contributed by atoms with Crippen molar-refractivity contribution in [3.63, 3.8) is 0 Å². The third-order valence-electron chi connectivity index (χ3n) is 6.40. The summed E-state index contributed by atoms with van der Waals surface area (Å²) < 4.78 is 14.1. The first-order valence-corrected chi connectivity index (χ1v) is 10.7. The second kappa shape index (κ2) is 8.26. The van der Waals surface area contributed by atoms with Crippen molar-refractivity contribution in [1.82, 2.24) is 4.90 Å². The molecule has 1 amide bonds. The van der Waals surface area contributed by atoms with Gasteiger partial charge in [-0.2, -0.15) is 0 Å².